The molecule has 0 saturated heterocycles. The Kier molecular flexibility index (Phi) is 3.40. The van der Waals surface area contributed by atoms with Gasteiger partial charge >= 0.3 is 0 Å². The lowest BCUT2D eigenvalue weighted by atomic mass is 10.1. The third-order valence-electron chi connectivity index (χ3n) is 2.46. The highest BCUT2D eigenvalue weighted by Gasteiger charge is 2.01. The van der Waals surface area contributed by atoms with Crippen LogP contribution in [0, 0.1) is 11.3 Å². The van der Waals surface area contributed by atoms with Crippen molar-refractivity contribution in [2.75, 3.05) is 0 Å². The van der Waals surface area contributed by atoms with Crippen molar-refractivity contribution in [1.29, 1.82) is 5.26 Å². The summed E-state index contributed by atoms with van der Waals surface area (Å²) in [6.45, 7) is 1.52. The minimum Gasteiger partial charge on any atom is -0.457 e. The minimum absolute atomic E-state index is 0.0213. The van der Waals surface area contributed by atoms with Crippen LogP contribution in [0.2, 0.25) is 0 Å². The number of nitriles is 1. The molecule has 0 heterocycles. The van der Waals surface area contributed by atoms with Gasteiger partial charge in [0.25, 0.3) is 0 Å². The first-order chi connectivity index (χ1) is 8.69. The Bertz CT molecular complexity index is 609. The van der Waals surface area contributed by atoms with E-state index in [1.165, 1.54) is 6.92 Å². The predicted molar refractivity (Wildman–Crippen MR) is 67.7 cm³/mol. The molecule has 0 aliphatic heterocycles. The third-order valence-corrected chi connectivity index (χ3v) is 2.46. The van der Waals surface area contributed by atoms with Crippen LogP contribution >= 0.6 is 0 Å². The SMILES string of the molecule is CC(=O)c1ccc(Oc2cccc(C#N)c2)cc1. The largest absolute Gasteiger partial charge is 0.457 e. The zero-order valence-electron chi connectivity index (χ0n) is 9.88. The minimum atomic E-state index is 0.0213. The molecule has 0 fully saturated rings. The second-order valence-electron chi connectivity index (χ2n) is 3.82. The topological polar surface area (TPSA) is 50.1 Å². The Morgan fingerprint density at radius 3 is 2.44 bits per heavy atom. The van der Waals surface area contributed by atoms with Gasteiger partial charge in [-0.3, -0.25) is 4.79 Å². The smallest absolute Gasteiger partial charge is 0.159 e. The molecule has 0 radical (unpaired) electrons. The number of carbonyl (C=O) groups excluding carboxylic acids is 1. The molecule has 18 heavy (non-hydrogen) atoms. The average molecular weight is 237 g/mol. The van der Waals surface area contributed by atoms with Crippen molar-refractivity contribution in [3.05, 3.63) is 59.7 Å². The Labute approximate surface area is 105 Å². The van der Waals surface area contributed by atoms with Crippen LogP contribution in [0.15, 0.2) is 48.5 Å². The van der Waals surface area contributed by atoms with Gasteiger partial charge in [-0.2, -0.15) is 5.26 Å². The summed E-state index contributed by atoms with van der Waals surface area (Å²) in [5.41, 5.74) is 1.20. The normalized spacial score (nSPS) is 9.56. The van der Waals surface area contributed by atoms with E-state index < -0.39 is 0 Å². The monoisotopic (exact) mass is 237 g/mol. The van der Waals surface area contributed by atoms with Gasteiger partial charge in [-0.05, 0) is 49.4 Å². The molecule has 0 aliphatic carbocycles. The van der Waals surface area contributed by atoms with Gasteiger partial charge in [-0.25, -0.2) is 0 Å². The Morgan fingerprint density at radius 1 is 1.11 bits per heavy atom. The van der Waals surface area contributed by atoms with E-state index in [-0.39, 0.29) is 5.78 Å². The summed E-state index contributed by atoms with van der Waals surface area (Å²) >= 11 is 0. The van der Waals surface area contributed by atoms with Crippen LogP contribution in [-0.4, -0.2) is 5.78 Å². The molecule has 88 valence electrons. The Hall–Kier alpha value is -2.60. The van der Waals surface area contributed by atoms with E-state index in [1.807, 2.05) is 0 Å². The molecule has 0 aromatic heterocycles. The fourth-order valence-corrected chi connectivity index (χ4v) is 1.52. The van der Waals surface area contributed by atoms with Crippen molar-refractivity contribution in [2.24, 2.45) is 0 Å². The van der Waals surface area contributed by atoms with E-state index in [0.717, 1.165) is 0 Å². The van der Waals surface area contributed by atoms with Crippen molar-refractivity contribution in [2.45, 2.75) is 6.92 Å². The number of carbonyl (C=O) groups is 1. The molecule has 0 bridgehead atoms. The molecule has 0 atom stereocenters. The van der Waals surface area contributed by atoms with Crippen LogP contribution in [0.25, 0.3) is 0 Å². The first kappa shape index (κ1) is 11.9. The lowest BCUT2D eigenvalue weighted by molar-refractivity contribution is 0.101. The van der Waals surface area contributed by atoms with Gasteiger partial charge in [0.1, 0.15) is 11.5 Å². The fraction of sp³-hybridized carbons (Fsp3) is 0.0667. The fourth-order valence-electron chi connectivity index (χ4n) is 1.52. The second kappa shape index (κ2) is 5.15. The van der Waals surface area contributed by atoms with Crippen molar-refractivity contribution in [3.63, 3.8) is 0 Å². The maximum atomic E-state index is 11.1. The van der Waals surface area contributed by atoms with Crippen molar-refractivity contribution in [1.82, 2.24) is 0 Å². The van der Waals surface area contributed by atoms with Gasteiger partial charge in [0.2, 0.25) is 0 Å². The van der Waals surface area contributed by atoms with Gasteiger partial charge in [0, 0.05) is 5.56 Å². The average Bonchev–Trinajstić information content (AvgIpc) is 2.39. The van der Waals surface area contributed by atoms with E-state index in [4.69, 9.17) is 10.00 Å². The van der Waals surface area contributed by atoms with Crippen LogP contribution < -0.4 is 4.74 Å². The van der Waals surface area contributed by atoms with Gasteiger partial charge in [0.05, 0.1) is 11.6 Å². The summed E-state index contributed by atoms with van der Waals surface area (Å²) in [5, 5.41) is 8.78. The van der Waals surface area contributed by atoms with Crippen molar-refractivity contribution < 1.29 is 9.53 Å². The summed E-state index contributed by atoms with van der Waals surface area (Å²) in [4.78, 5) is 11.1. The quantitative estimate of drug-likeness (QED) is 0.767. The Morgan fingerprint density at radius 2 is 1.83 bits per heavy atom. The molecule has 2 rings (SSSR count). The maximum Gasteiger partial charge on any atom is 0.159 e. The summed E-state index contributed by atoms with van der Waals surface area (Å²) in [7, 11) is 0. The Balaban J connectivity index is 2.18. The third kappa shape index (κ3) is 2.74. The number of ketones is 1. The van der Waals surface area contributed by atoms with Crippen molar-refractivity contribution >= 4 is 5.78 Å². The van der Waals surface area contributed by atoms with Gasteiger partial charge in [-0.15, -0.1) is 0 Å². The van der Waals surface area contributed by atoms with Crippen LogP contribution in [0.5, 0.6) is 11.5 Å². The molecule has 0 unspecified atom stereocenters. The summed E-state index contributed by atoms with van der Waals surface area (Å²) < 4.78 is 5.59. The second-order valence-corrected chi connectivity index (χ2v) is 3.82. The van der Waals surface area contributed by atoms with E-state index in [9.17, 15) is 4.79 Å². The molecule has 0 N–H and O–H groups in total. The van der Waals surface area contributed by atoms with E-state index >= 15 is 0 Å². The summed E-state index contributed by atoms with van der Waals surface area (Å²) in [6.07, 6.45) is 0. The molecular weight excluding hydrogens is 226 g/mol. The number of Topliss-reactive ketones (excluding diaryl/α,β-unsaturated/α-hetero) is 1. The molecule has 0 aliphatic rings. The number of hydrogen-bond donors (Lipinski definition) is 0. The highest BCUT2D eigenvalue weighted by Crippen LogP contribution is 2.22. The highest BCUT2D eigenvalue weighted by molar-refractivity contribution is 5.94. The van der Waals surface area contributed by atoms with Gasteiger partial charge < -0.3 is 4.74 Å². The number of nitrogens with zero attached hydrogens (tertiary/aromatic N) is 1. The number of rotatable bonds is 3. The summed E-state index contributed by atoms with van der Waals surface area (Å²) in [5.74, 6) is 1.26. The van der Waals surface area contributed by atoms with E-state index in [0.29, 0.717) is 22.6 Å². The zero-order chi connectivity index (χ0) is 13.0. The predicted octanol–water partition coefficient (Wildman–Crippen LogP) is 3.55. The molecular formula is C15H11NO2. The molecule has 2 aromatic carbocycles. The maximum absolute atomic E-state index is 11.1. The zero-order valence-corrected chi connectivity index (χ0v) is 9.88. The summed E-state index contributed by atoms with van der Waals surface area (Å²) in [6, 6.07) is 15.9. The lowest BCUT2D eigenvalue weighted by Crippen LogP contribution is -1.91. The number of benzene rings is 2. The molecule has 2 aromatic rings. The standard InChI is InChI=1S/C15H11NO2/c1-11(17)13-5-7-14(8-6-13)18-15-4-2-3-12(9-15)10-16/h2-9H,1H3. The van der Waals surface area contributed by atoms with E-state index in [2.05, 4.69) is 6.07 Å². The molecule has 0 spiro atoms. The molecule has 0 saturated carbocycles. The van der Waals surface area contributed by atoms with Crippen LogP contribution in [-0.2, 0) is 0 Å². The van der Waals surface area contributed by atoms with Crippen LogP contribution in [0.3, 0.4) is 0 Å². The van der Waals surface area contributed by atoms with Crippen LogP contribution in [0.1, 0.15) is 22.8 Å². The van der Waals surface area contributed by atoms with Crippen LogP contribution in [0.4, 0.5) is 0 Å². The number of ether oxygens (including phenoxy) is 1. The first-order valence-electron chi connectivity index (χ1n) is 5.48. The lowest BCUT2D eigenvalue weighted by Gasteiger charge is -2.06. The number of hydrogen-bond acceptors (Lipinski definition) is 3. The highest BCUT2D eigenvalue weighted by atomic mass is 16.5. The molecule has 3 heteroatoms. The first-order valence-corrected chi connectivity index (χ1v) is 5.48. The van der Waals surface area contributed by atoms with Gasteiger partial charge in [0.15, 0.2) is 5.78 Å². The van der Waals surface area contributed by atoms with E-state index in [1.54, 1.807) is 48.5 Å². The molecule has 3 nitrogen and oxygen atoms in total. The van der Waals surface area contributed by atoms with Gasteiger partial charge in [-0.1, -0.05) is 6.07 Å². The molecule has 0 amide bonds. The van der Waals surface area contributed by atoms with Crippen molar-refractivity contribution in [3.8, 4) is 17.6 Å².